The highest BCUT2D eigenvalue weighted by Gasteiger charge is 2.05. The molecule has 0 fully saturated rings. The molecule has 2 rings (SSSR count). The first kappa shape index (κ1) is 15.3. The molecule has 0 aliphatic carbocycles. The van der Waals surface area contributed by atoms with Gasteiger partial charge in [-0.1, -0.05) is 25.3 Å². The van der Waals surface area contributed by atoms with Crippen molar-refractivity contribution in [2.45, 2.75) is 0 Å². The minimum atomic E-state index is -0.320. The largest absolute Gasteiger partial charge is 0.298 e. The van der Waals surface area contributed by atoms with Crippen molar-refractivity contribution >= 4 is 40.0 Å². The second-order valence-electron chi connectivity index (χ2n) is 3.98. The van der Waals surface area contributed by atoms with E-state index in [1.54, 1.807) is 0 Å². The standard InChI is InChI=1S/C14H15N3O2S2/c1-10(12-5-3-7-20-12)15-16-14(18)9-19-17-11(2)13-6-4-8-21-13/h3-8,15,17H,1-2,9H2,(H,16,18). The van der Waals surface area contributed by atoms with Gasteiger partial charge in [0.05, 0.1) is 21.1 Å². The van der Waals surface area contributed by atoms with Gasteiger partial charge in [0.25, 0.3) is 5.91 Å². The molecule has 110 valence electrons. The normalized spacial score (nSPS) is 9.90. The maximum atomic E-state index is 11.6. The average molecular weight is 321 g/mol. The lowest BCUT2D eigenvalue weighted by atomic mass is 10.4. The second-order valence-corrected chi connectivity index (χ2v) is 5.87. The van der Waals surface area contributed by atoms with Gasteiger partial charge in [0.1, 0.15) is 0 Å². The molecule has 0 radical (unpaired) electrons. The van der Waals surface area contributed by atoms with Gasteiger partial charge in [-0.25, -0.2) is 0 Å². The number of hydrogen-bond acceptors (Lipinski definition) is 6. The van der Waals surface area contributed by atoms with Crippen LogP contribution in [-0.4, -0.2) is 12.5 Å². The van der Waals surface area contributed by atoms with Crippen LogP contribution in [0.5, 0.6) is 0 Å². The Labute approximate surface area is 130 Å². The molecule has 2 aromatic rings. The van der Waals surface area contributed by atoms with E-state index in [1.165, 1.54) is 22.7 Å². The molecule has 7 heteroatoms. The van der Waals surface area contributed by atoms with Gasteiger partial charge in [0, 0.05) is 0 Å². The Kier molecular flexibility index (Phi) is 5.56. The lowest BCUT2D eigenvalue weighted by Crippen LogP contribution is -2.39. The molecular weight excluding hydrogens is 306 g/mol. The summed E-state index contributed by atoms with van der Waals surface area (Å²) in [6.07, 6.45) is 0. The van der Waals surface area contributed by atoms with Crippen LogP contribution >= 0.6 is 22.7 Å². The zero-order valence-corrected chi connectivity index (χ0v) is 12.9. The van der Waals surface area contributed by atoms with Gasteiger partial charge in [0.2, 0.25) is 0 Å². The maximum absolute atomic E-state index is 11.6. The quantitative estimate of drug-likeness (QED) is 0.654. The Morgan fingerprint density at radius 1 is 1.05 bits per heavy atom. The molecule has 1 amide bonds. The molecule has 0 aromatic carbocycles. The smallest absolute Gasteiger partial charge is 0.267 e. The van der Waals surface area contributed by atoms with Crippen LogP contribution in [0.1, 0.15) is 9.75 Å². The van der Waals surface area contributed by atoms with Crippen molar-refractivity contribution in [3.8, 4) is 0 Å². The molecule has 5 nitrogen and oxygen atoms in total. The minimum absolute atomic E-state index is 0.144. The van der Waals surface area contributed by atoms with Crippen LogP contribution < -0.4 is 16.3 Å². The van der Waals surface area contributed by atoms with Crippen molar-refractivity contribution in [2.24, 2.45) is 0 Å². The molecule has 3 N–H and O–H groups in total. The highest BCUT2D eigenvalue weighted by molar-refractivity contribution is 7.11. The third-order valence-electron chi connectivity index (χ3n) is 2.39. The molecule has 0 spiro atoms. The third-order valence-corrected chi connectivity index (χ3v) is 4.25. The molecule has 21 heavy (non-hydrogen) atoms. The van der Waals surface area contributed by atoms with Crippen LogP contribution in [0.2, 0.25) is 0 Å². The first-order valence-corrected chi connectivity index (χ1v) is 7.81. The Morgan fingerprint density at radius 2 is 1.67 bits per heavy atom. The number of carbonyl (C=O) groups excluding carboxylic acids is 1. The van der Waals surface area contributed by atoms with Crippen molar-refractivity contribution in [3.05, 3.63) is 57.9 Å². The van der Waals surface area contributed by atoms with E-state index >= 15 is 0 Å². The zero-order chi connectivity index (χ0) is 15.1. The molecular formula is C14H15N3O2S2. The fraction of sp³-hybridized carbons (Fsp3) is 0.0714. The highest BCUT2D eigenvalue weighted by Crippen LogP contribution is 2.16. The SMILES string of the molecule is C=C(NNC(=O)CONC(=C)c1cccs1)c1cccs1. The minimum Gasteiger partial charge on any atom is -0.298 e. The molecule has 0 bridgehead atoms. The first-order valence-electron chi connectivity index (χ1n) is 6.05. The van der Waals surface area contributed by atoms with Crippen molar-refractivity contribution in [3.63, 3.8) is 0 Å². The van der Waals surface area contributed by atoms with Gasteiger partial charge >= 0.3 is 0 Å². The summed E-state index contributed by atoms with van der Waals surface area (Å²) in [5.41, 5.74) is 9.14. The van der Waals surface area contributed by atoms with Crippen LogP contribution in [0.3, 0.4) is 0 Å². The second kappa shape index (κ2) is 7.63. The van der Waals surface area contributed by atoms with Crippen LogP contribution in [0.4, 0.5) is 0 Å². The summed E-state index contributed by atoms with van der Waals surface area (Å²) in [6, 6.07) is 7.66. The van der Waals surface area contributed by atoms with Gasteiger partial charge in [-0.2, -0.15) is 0 Å². The van der Waals surface area contributed by atoms with Crippen molar-refractivity contribution < 1.29 is 9.63 Å². The summed E-state index contributed by atoms with van der Waals surface area (Å²) in [4.78, 5) is 18.6. The van der Waals surface area contributed by atoms with E-state index in [4.69, 9.17) is 4.84 Å². The number of hydroxylamine groups is 1. The molecule has 0 aliphatic heterocycles. The summed E-state index contributed by atoms with van der Waals surface area (Å²) in [5.74, 6) is -0.320. The number of carbonyl (C=O) groups is 1. The van der Waals surface area contributed by atoms with Crippen LogP contribution in [0, 0.1) is 0 Å². The van der Waals surface area contributed by atoms with E-state index in [9.17, 15) is 4.79 Å². The Balaban J connectivity index is 1.64. The number of hydrazine groups is 1. The number of amides is 1. The predicted octanol–water partition coefficient (Wildman–Crippen LogP) is 2.59. The zero-order valence-electron chi connectivity index (χ0n) is 11.2. The van der Waals surface area contributed by atoms with Gasteiger partial charge in [0.15, 0.2) is 6.61 Å². The summed E-state index contributed by atoms with van der Waals surface area (Å²) in [7, 11) is 0. The molecule has 0 saturated carbocycles. The highest BCUT2D eigenvalue weighted by atomic mass is 32.1. The van der Waals surface area contributed by atoms with E-state index in [-0.39, 0.29) is 12.5 Å². The summed E-state index contributed by atoms with van der Waals surface area (Å²) in [6.45, 7) is 7.50. The lowest BCUT2D eigenvalue weighted by molar-refractivity contribution is -0.127. The van der Waals surface area contributed by atoms with E-state index in [2.05, 4.69) is 29.5 Å². The predicted molar refractivity (Wildman–Crippen MR) is 87.1 cm³/mol. The molecule has 0 saturated heterocycles. The maximum Gasteiger partial charge on any atom is 0.267 e. The van der Waals surface area contributed by atoms with E-state index in [0.29, 0.717) is 11.4 Å². The summed E-state index contributed by atoms with van der Waals surface area (Å²) < 4.78 is 0. The monoisotopic (exact) mass is 321 g/mol. The molecule has 0 aliphatic rings. The summed E-state index contributed by atoms with van der Waals surface area (Å²) >= 11 is 3.07. The number of nitrogens with one attached hydrogen (secondary N) is 3. The number of rotatable bonds is 8. The van der Waals surface area contributed by atoms with Gasteiger partial charge in [-0.3, -0.25) is 26.0 Å². The molecule has 0 atom stereocenters. The molecule has 2 aromatic heterocycles. The average Bonchev–Trinajstić information content (AvgIpc) is 3.16. The fourth-order valence-corrected chi connectivity index (χ4v) is 2.68. The van der Waals surface area contributed by atoms with Gasteiger partial charge in [-0.15, -0.1) is 22.7 Å². The first-order chi connectivity index (χ1) is 10.2. The Hall–Kier alpha value is -2.09. The Morgan fingerprint density at radius 3 is 2.24 bits per heavy atom. The molecule has 0 unspecified atom stereocenters. The topological polar surface area (TPSA) is 62.4 Å². The van der Waals surface area contributed by atoms with Crippen molar-refractivity contribution in [1.29, 1.82) is 0 Å². The van der Waals surface area contributed by atoms with Crippen LogP contribution in [0.15, 0.2) is 48.2 Å². The van der Waals surface area contributed by atoms with Gasteiger partial charge in [-0.05, 0) is 22.9 Å². The lowest BCUT2D eigenvalue weighted by Gasteiger charge is -2.11. The third kappa shape index (κ3) is 4.75. The van der Waals surface area contributed by atoms with Gasteiger partial charge < -0.3 is 0 Å². The fourth-order valence-electron chi connectivity index (χ4n) is 1.38. The Bertz CT molecular complexity index is 606. The van der Waals surface area contributed by atoms with Crippen LogP contribution in [-0.2, 0) is 9.63 Å². The molecule has 2 heterocycles. The van der Waals surface area contributed by atoms with Crippen LogP contribution in [0.25, 0.3) is 11.4 Å². The van der Waals surface area contributed by atoms with E-state index in [0.717, 1.165) is 9.75 Å². The van der Waals surface area contributed by atoms with E-state index in [1.807, 2.05) is 35.0 Å². The van der Waals surface area contributed by atoms with E-state index < -0.39 is 0 Å². The number of hydrogen-bond donors (Lipinski definition) is 3. The number of thiophene rings is 2. The van der Waals surface area contributed by atoms with Crippen molar-refractivity contribution in [2.75, 3.05) is 6.61 Å². The summed E-state index contributed by atoms with van der Waals surface area (Å²) in [5, 5.41) is 3.88. The van der Waals surface area contributed by atoms with Crippen molar-refractivity contribution in [1.82, 2.24) is 16.3 Å².